The number of aromatic amines is 1. The molecule has 2 saturated heterocycles. The molecule has 0 spiro atoms. The third-order valence-electron chi connectivity index (χ3n) is 9.10. The molecule has 2 aliphatic rings. The van der Waals surface area contributed by atoms with Crippen LogP contribution in [0.25, 0.3) is 0 Å². The van der Waals surface area contributed by atoms with Crippen molar-refractivity contribution >= 4 is 7.82 Å². The Bertz CT molecular complexity index is 1240. The number of H-pyrrole nitrogens is 1. The quantitative estimate of drug-likeness (QED) is 0.0765. The third-order valence-corrected chi connectivity index (χ3v) is 10.5. The Kier molecular flexibility index (Phi) is 18.6. The van der Waals surface area contributed by atoms with Crippen LogP contribution in [0.2, 0.25) is 0 Å². The maximum absolute atomic E-state index is 13.8. The van der Waals surface area contributed by atoms with E-state index < -0.39 is 81.4 Å². The minimum absolute atomic E-state index is 0.00517. The van der Waals surface area contributed by atoms with E-state index in [0.29, 0.717) is 6.42 Å². The zero-order valence-electron chi connectivity index (χ0n) is 29.3. The van der Waals surface area contributed by atoms with Crippen LogP contribution in [0, 0.1) is 6.92 Å². The number of nitrogens with zero attached hydrogens (tertiary/aromatic N) is 1. The first-order chi connectivity index (χ1) is 23.5. The van der Waals surface area contributed by atoms with E-state index in [4.69, 9.17) is 27.8 Å². The molecule has 0 aliphatic carbocycles. The summed E-state index contributed by atoms with van der Waals surface area (Å²) in [4.78, 5) is 26.3. The summed E-state index contributed by atoms with van der Waals surface area (Å²) >= 11 is 0. The molecule has 1 unspecified atom stereocenters. The maximum Gasteiger partial charge on any atom is 0.474 e. The van der Waals surface area contributed by atoms with Gasteiger partial charge in [-0.05, 0) is 13.3 Å². The van der Waals surface area contributed by atoms with Crippen molar-refractivity contribution in [2.75, 3.05) is 26.9 Å². The predicted octanol–water partition coefficient (Wildman–Crippen LogP) is 3.59. The molecular weight excluding hydrogens is 663 g/mol. The van der Waals surface area contributed by atoms with Crippen LogP contribution in [0.3, 0.4) is 0 Å². The first-order valence-corrected chi connectivity index (χ1v) is 19.4. The molecule has 2 aliphatic heterocycles. The van der Waals surface area contributed by atoms with Gasteiger partial charge in [-0.2, -0.15) is 0 Å². The van der Waals surface area contributed by atoms with Gasteiger partial charge in [0.25, 0.3) is 5.56 Å². The molecule has 0 radical (unpaired) electrons. The summed E-state index contributed by atoms with van der Waals surface area (Å²) in [5.74, 6) is 0. The molecule has 49 heavy (non-hydrogen) atoms. The highest BCUT2D eigenvalue weighted by molar-refractivity contribution is 7.48. The Hall–Kier alpha value is -1.49. The topological polar surface area (TPSA) is 208 Å². The van der Waals surface area contributed by atoms with Crippen LogP contribution in [0.1, 0.15) is 115 Å². The normalized spacial score (nSPS) is 28.6. The summed E-state index contributed by atoms with van der Waals surface area (Å²) in [6.45, 7) is 2.85. The number of hydrogen-bond acceptors (Lipinski definition) is 13. The Morgan fingerprint density at radius 2 is 1.35 bits per heavy atom. The van der Waals surface area contributed by atoms with Crippen molar-refractivity contribution in [3.8, 4) is 0 Å². The van der Waals surface area contributed by atoms with Gasteiger partial charge in [0.2, 0.25) is 0 Å². The number of phosphoric acid groups is 1. The standard InChI is InChI=1S/C33H59N2O13P/c1-4-5-6-7-8-9-10-11-12-13-14-15-16-17-18-44-49(42,46-22-26-28(37)29(38)30(39)32(43-3)48-26)45-21-25-24(36)19-27(47-25)35-20-23(2)31(40)34-33(35)41/h20,24-30,32,36-39H,4-19,21-22H2,1-3H3,(H,34,40,41)/t24-,25+,26+,27+,28+,29-,30-,32-,49?/m0/s1. The predicted molar refractivity (Wildman–Crippen MR) is 180 cm³/mol. The number of rotatable bonds is 24. The van der Waals surface area contributed by atoms with Crippen LogP contribution in [-0.2, 0) is 32.3 Å². The van der Waals surface area contributed by atoms with Crippen LogP contribution in [-0.4, -0.2) is 99.8 Å². The Labute approximate surface area is 288 Å². The second kappa shape index (κ2) is 21.8. The molecule has 0 aromatic carbocycles. The van der Waals surface area contributed by atoms with E-state index in [0.717, 1.165) is 23.8 Å². The highest BCUT2D eigenvalue weighted by Crippen LogP contribution is 2.51. The minimum atomic E-state index is -4.34. The first-order valence-electron chi connectivity index (χ1n) is 17.9. The van der Waals surface area contributed by atoms with Crippen molar-refractivity contribution < 1.29 is 52.8 Å². The van der Waals surface area contributed by atoms with Crippen LogP contribution < -0.4 is 11.2 Å². The van der Waals surface area contributed by atoms with Crippen LogP contribution in [0.4, 0.5) is 0 Å². The zero-order valence-corrected chi connectivity index (χ0v) is 30.2. The van der Waals surface area contributed by atoms with Gasteiger partial charge in [-0.15, -0.1) is 0 Å². The second-order valence-corrected chi connectivity index (χ2v) is 14.8. The summed E-state index contributed by atoms with van der Waals surface area (Å²) < 4.78 is 48.0. The Morgan fingerprint density at radius 1 is 0.796 bits per heavy atom. The number of ether oxygens (including phenoxy) is 3. The average molecular weight is 723 g/mol. The smallest absolute Gasteiger partial charge is 0.390 e. The van der Waals surface area contributed by atoms with Gasteiger partial charge < -0.3 is 34.6 Å². The Balaban J connectivity index is 1.48. The molecule has 3 heterocycles. The Morgan fingerprint density at radius 3 is 1.92 bits per heavy atom. The van der Waals surface area contributed by atoms with E-state index >= 15 is 0 Å². The molecule has 284 valence electrons. The molecule has 0 bridgehead atoms. The molecule has 5 N–H and O–H groups in total. The molecule has 2 fully saturated rings. The van der Waals surface area contributed by atoms with Gasteiger partial charge >= 0.3 is 13.5 Å². The second-order valence-electron chi connectivity index (χ2n) is 13.1. The molecular formula is C33H59N2O13P. The summed E-state index contributed by atoms with van der Waals surface area (Å²) in [6, 6.07) is 0. The zero-order chi connectivity index (χ0) is 35.8. The monoisotopic (exact) mass is 722 g/mol. The molecule has 16 heteroatoms. The van der Waals surface area contributed by atoms with Crippen molar-refractivity contribution in [1.82, 2.24) is 9.55 Å². The molecule has 1 aromatic rings. The first kappa shape index (κ1) is 41.9. The number of aliphatic hydroxyl groups excluding tert-OH is 4. The number of phosphoric ester groups is 1. The van der Waals surface area contributed by atoms with E-state index in [2.05, 4.69) is 11.9 Å². The van der Waals surface area contributed by atoms with Crippen LogP contribution in [0.15, 0.2) is 15.8 Å². The SMILES string of the molecule is CCCCCCCCCCCCCCCCOP(=O)(OC[C@H]1O[C@H](OC)[C@@H](O)[C@@H](O)[C@@H]1O)OC[C@H]1O[C@@H](n2cc(C)c(=O)[nH]c2=O)C[C@@H]1O. The van der Waals surface area contributed by atoms with Crippen LogP contribution >= 0.6 is 7.82 Å². The van der Waals surface area contributed by atoms with Gasteiger partial charge in [-0.1, -0.05) is 90.4 Å². The third kappa shape index (κ3) is 13.5. The lowest BCUT2D eigenvalue weighted by atomic mass is 9.99. The van der Waals surface area contributed by atoms with E-state index in [1.54, 1.807) is 0 Å². The highest BCUT2D eigenvalue weighted by Gasteiger charge is 2.45. The summed E-state index contributed by atoms with van der Waals surface area (Å²) in [5.41, 5.74) is -0.945. The number of methoxy groups -OCH3 is 1. The van der Waals surface area contributed by atoms with Crippen molar-refractivity contribution in [1.29, 1.82) is 0 Å². The molecule has 9 atom stereocenters. The van der Waals surface area contributed by atoms with Crippen molar-refractivity contribution in [3.05, 3.63) is 32.6 Å². The van der Waals surface area contributed by atoms with Crippen molar-refractivity contribution in [2.24, 2.45) is 0 Å². The molecule has 0 saturated carbocycles. The summed E-state index contributed by atoms with van der Waals surface area (Å²) in [5, 5.41) is 41.3. The van der Waals surface area contributed by atoms with E-state index in [1.165, 1.54) is 84.4 Å². The summed E-state index contributed by atoms with van der Waals surface area (Å²) in [6.07, 6.45) is 7.53. The molecule has 0 amide bonds. The van der Waals surface area contributed by atoms with Gasteiger partial charge in [0, 0.05) is 25.3 Å². The minimum Gasteiger partial charge on any atom is -0.390 e. The molecule has 15 nitrogen and oxygen atoms in total. The number of hydrogen-bond donors (Lipinski definition) is 5. The molecule has 1 aromatic heterocycles. The highest BCUT2D eigenvalue weighted by atomic mass is 31.2. The number of aliphatic hydroxyl groups is 4. The fourth-order valence-electron chi connectivity index (χ4n) is 6.00. The van der Waals surface area contributed by atoms with Crippen LogP contribution in [0.5, 0.6) is 0 Å². The number of nitrogens with one attached hydrogen (secondary N) is 1. The van der Waals surface area contributed by atoms with E-state index in [9.17, 15) is 34.6 Å². The summed E-state index contributed by atoms with van der Waals surface area (Å²) in [7, 11) is -3.08. The van der Waals surface area contributed by atoms with Gasteiger partial charge in [-0.3, -0.25) is 27.9 Å². The fourth-order valence-corrected chi connectivity index (χ4v) is 7.23. The maximum atomic E-state index is 13.8. The van der Waals surface area contributed by atoms with Gasteiger partial charge in [0.1, 0.15) is 36.7 Å². The number of aryl methyl sites for hydroxylation is 1. The lowest BCUT2D eigenvalue weighted by Gasteiger charge is -2.39. The van der Waals surface area contributed by atoms with Gasteiger partial charge in [0.05, 0.1) is 25.9 Å². The fraction of sp³-hybridized carbons (Fsp3) is 0.879. The lowest BCUT2D eigenvalue weighted by Crippen LogP contribution is -2.59. The number of aromatic nitrogens is 2. The van der Waals surface area contributed by atoms with Gasteiger partial charge in [0.15, 0.2) is 6.29 Å². The van der Waals surface area contributed by atoms with Crippen molar-refractivity contribution in [3.63, 3.8) is 0 Å². The average Bonchev–Trinajstić information content (AvgIpc) is 3.45. The molecule has 3 rings (SSSR count). The van der Waals surface area contributed by atoms with E-state index in [1.807, 2.05) is 0 Å². The number of unbranched alkanes of at least 4 members (excludes halogenated alkanes) is 13. The van der Waals surface area contributed by atoms with Crippen molar-refractivity contribution in [2.45, 2.75) is 159 Å². The lowest BCUT2D eigenvalue weighted by molar-refractivity contribution is -0.293. The van der Waals surface area contributed by atoms with Gasteiger partial charge in [-0.25, -0.2) is 9.36 Å². The largest absolute Gasteiger partial charge is 0.474 e. The van der Waals surface area contributed by atoms with E-state index in [-0.39, 0.29) is 18.6 Å².